The van der Waals surface area contributed by atoms with Gasteiger partial charge in [-0.15, -0.1) is 0 Å². The molecule has 5 heterocycles. The number of nitrogens with zero attached hydrogens (tertiary/aromatic N) is 5. The van der Waals surface area contributed by atoms with Crippen molar-refractivity contribution < 1.29 is 9.32 Å². The second-order valence-corrected chi connectivity index (χ2v) is 8.28. The summed E-state index contributed by atoms with van der Waals surface area (Å²) in [7, 11) is 0. The van der Waals surface area contributed by atoms with E-state index in [-0.39, 0.29) is 5.91 Å². The van der Waals surface area contributed by atoms with Crippen LogP contribution in [-0.4, -0.2) is 56.1 Å². The van der Waals surface area contributed by atoms with Gasteiger partial charge in [-0.05, 0) is 32.6 Å². The molecule has 2 bridgehead atoms. The van der Waals surface area contributed by atoms with Crippen LogP contribution in [0.1, 0.15) is 49.0 Å². The zero-order valence-corrected chi connectivity index (χ0v) is 17.2. The molecule has 28 heavy (non-hydrogen) atoms. The van der Waals surface area contributed by atoms with E-state index < -0.39 is 0 Å². The van der Waals surface area contributed by atoms with Gasteiger partial charge in [0.15, 0.2) is 0 Å². The van der Waals surface area contributed by atoms with Gasteiger partial charge < -0.3 is 14.0 Å². The van der Waals surface area contributed by atoms with Crippen LogP contribution in [0.15, 0.2) is 16.9 Å². The molecule has 152 valence electrons. The first kappa shape index (κ1) is 19.2. The molecule has 7 nitrogen and oxygen atoms in total. The molecule has 1 amide bonds. The Morgan fingerprint density at radius 1 is 1.25 bits per heavy atom. The van der Waals surface area contributed by atoms with E-state index in [1.54, 1.807) is 0 Å². The molecule has 3 aliphatic rings. The molecule has 0 aliphatic carbocycles. The summed E-state index contributed by atoms with van der Waals surface area (Å²) in [4.78, 5) is 22.0. The molecule has 0 spiro atoms. The SMILES string of the molecule is CCc1nccn1CCC(=O)N1C[C@H]2CC[C@@H]1CN(Cc1c(C)noc1C)C2. The second-order valence-electron chi connectivity index (χ2n) is 8.28. The van der Waals surface area contributed by atoms with Gasteiger partial charge in [0.25, 0.3) is 0 Å². The first-order valence-electron chi connectivity index (χ1n) is 10.5. The van der Waals surface area contributed by atoms with Gasteiger partial charge in [0.05, 0.1) is 5.69 Å². The van der Waals surface area contributed by atoms with Crippen molar-refractivity contribution in [2.45, 2.75) is 65.6 Å². The summed E-state index contributed by atoms with van der Waals surface area (Å²) in [6.45, 7) is 10.6. The van der Waals surface area contributed by atoms with Gasteiger partial charge in [0.2, 0.25) is 5.91 Å². The van der Waals surface area contributed by atoms with Gasteiger partial charge in [-0.3, -0.25) is 9.69 Å². The Morgan fingerprint density at radius 2 is 2.11 bits per heavy atom. The summed E-state index contributed by atoms with van der Waals surface area (Å²) in [6, 6.07) is 0.320. The van der Waals surface area contributed by atoms with Gasteiger partial charge in [-0.1, -0.05) is 12.1 Å². The largest absolute Gasteiger partial charge is 0.361 e. The van der Waals surface area contributed by atoms with Crippen LogP contribution < -0.4 is 0 Å². The van der Waals surface area contributed by atoms with Crippen molar-refractivity contribution in [1.29, 1.82) is 0 Å². The minimum atomic E-state index is 0.282. The average Bonchev–Trinajstić information content (AvgIpc) is 3.15. The summed E-state index contributed by atoms with van der Waals surface area (Å²) in [5, 5.41) is 4.09. The van der Waals surface area contributed by atoms with E-state index in [1.807, 2.05) is 26.2 Å². The topological polar surface area (TPSA) is 67.4 Å². The molecular formula is C21H31N5O2. The van der Waals surface area contributed by atoms with E-state index in [4.69, 9.17) is 4.52 Å². The Bertz CT molecular complexity index is 807. The highest BCUT2D eigenvalue weighted by atomic mass is 16.5. The fraction of sp³-hybridized carbons (Fsp3) is 0.667. The lowest BCUT2D eigenvalue weighted by atomic mass is 9.94. The number of piperidine rings is 1. The standard InChI is InChI=1S/C21H31N5O2/c1-4-20-22-8-10-25(20)9-7-21(27)26-12-17-5-6-18(26)13-24(11-17)14-19-15(2)23-28-16(19)3/h8,10,17-18H,4-7,9,11-14H2,1-3H3/t17-,18+/m0/s1. The maximum absolute atomic E-state index is 13.0. The smallest absolute Gasteiger partial charge is 0.224 e. The quantitative estimate of drug-likeness (QED) is 0.764. The van der Waals surface area contributed by atoms with Gasteiger partial charge in [-0.25, -0.2) is 4.98 Å². The molecule has 0 N–H and O–H groups in total. The van der Waals surface area contributed by atoms with Gasteiger partial charge in [-0.2, -0.15) is 0 Å². The maximum Gasteiger partial charge on any atom is 0.224 e. The first-order chi connectivity index (χ1) is 13.5. The molecule has 0 unspecified atom stereocenters. The van der Waals surface area contributed by atoms with Crippen LogP contribution in [0.25, 0.3) is 0 Å². The number of fused-ring (bicyclic) bond motifs is 4. The monoisotopic (exact) mass is 385 g/mol. The molecule has 2 atom stereocenters. The normalized spacial score (nSPS) is 22.6. The molecule has 0 saturated carbocycles. The van der Waals surface area contributed by atoms with Crippen molar-refractivity contribution in [2.24, 2.45) is 5.92 Å². The highest BCUT2D eigenvalue weighted by Gasteiger charge is 2.37. The highest BCUT2D eigenvalue weighted by Crippen LogP contribution is 2.30. The van der Waals surface area contributed by atoms with Crippen molar-refractivity contribution in [3.8, 4) is 0 Å². The number of hydrogen-bond donors (Lipinski definition) is 0. The van der Waals surface area contributed by atoms with E-state index in [1.165, 1.54) is 12.0 Å². The van der Waals surface area contributed by atoms with Crippen LogP contribution in [0.3, 0.4) is 0 Å². The van der Waals surface area contributed by atoms with E-state index in [0.29, 0.717) is 18.4 Å². The van der Waals surface area contributed by atoms with Crippen LogP contribution in [0, 0.1) is 19.8 Å². The van der Waals surface area contributed by atoms with Crippen molar-refractivity contribution in [2.75, 3.05) is 19.6 Å². The third-order valence-electron chi connectivity index (χ3n) is 6.36. The fourth-order valence-electron chi connectivity index (χ4n) is 4.78. The Morgan fingerprint density at radius 3 is 2.86 bits per heavy atom. The zero-order chi connectivity index (χ0) is 19.7. The van der Waals surface area contributed by atoms with Crippen LogP contribution in [0.2, 0.25) is 0 Å². The number of rotatable bonds is 6. The Balaban J connectivity index is 1.39. The molecule has 3 fully saturated rings. The van der Waals surface area contributed by atoms with Crippen LogP contribution in [-0.2, 0) is 24.3 Å². The second kappa shape index (κ2) is 8.07. The first-order valence-corrected chi connectivity index (χ1v) is 10.5. The third kappa shape index (κ3) is 3.85. The lowest BCUT2D eigenvalue weighted by molar-refractivity contribution is -0.135. The number of carbonyl (C=O) groups is 1. The van der Waals surface area contributed by atoms with Crippen LogP contribution in [0.4, 0.5) is 0 Å². The molecule has 3 aliphatic heterocycles. The average molecular weight is 386 g/mol. The number of carbonyl (C=O) groups excluding carboxylic acids is 1. The number of amides is 1. The molecule has 7 heteroatoms. The van der Waals surface area contributed by atoms with Crippen molar-refractivity contribution in [1.82, 2.24) is 24.5 Å². The lowest BCUT2D eigenvalue weighted by Gasteiger charge is -2.36. The summed E-state index contributed by atoms with van der Waals surface area (Å²) in [5.74, 6) is 2.80. The van der Waals surface area contributed by atoms with Gasteiger partial charge in [0.1, 0.15) is 11.6 Å². The number of aromatic nitrogens is 3. The molecule has 0 aromatic carbocycles. The highest BCUT2D eigenvalue weighted by molar-refractivity contribution is 5.76. The summed E-state index contributed by atoms with van der Waals surface area (Å²) in [5.41, 5.74) is 2.18. The van der Waals surface area contributed by atoms with Crippen molar-refractivity contribution in [3.05, 3.63) is 35.2 Å². The van der Waals surface area contributed by atoms with Crippen LogP contribution >= 0.6 is 0 Å². The Kier molecular flexibility index (Phi) is 5.53. The molecular weight excluding hydrogens is 354 g/mol. The van der Waals surface area contributed by atoms with E-state index in [0.717, 1.165) is 62.8 Å². The molecule has 3 saturated heterocycles. The van der Waals surface area contributed by atoms with Gasteiger partial charge in [0, 0.05) is 69.6 Å². The minimum Gasteiger partial charge on any atom is -0.361 e. The molecule has 2 aromatic rings. The predicted molar refractivity (Wildman–Crippen MR) is 106 cm³/mol. The van der Waals surface area contributed by atoms with E-state index in [9.17, 15) is 4.79 Å². The molecule has 0 radical (unpaired) electrons. The fourth-order valence-corrected chi connectivity index (χ4v) is 4.78. The van der Waals surface area contributed by atoms with E-state index in [2.05, 4.69) is 31.4 Å². The number of aryl methyl sites for hydroxylation is 4. The summed E-state index contributed by atoms with van der Waals surface area (Å²) >= 11 is 0. The Hall–Kier alpha value is -2.15. The zero-order valence-electron chi connectivity index (χ0n) is 17.2. The predicted octanol–water partition coefficient (Wildman–Crippen LogP) is 2.56. The summed E-state index contributed by atoms with van der Waals surface area (Å²) < 4.78 is 7.44. The number of hydrogen-bond acceptors (Lipinski definition) is 5. The van der Waals surface area contributed by atoms with Crippen molar-refractivity contribution >= 4 is 5.91 Å². The Labute approximate surface area is 166 Å². The molecule has 5 rings (SSSR count). The maximum atomic E-state index is 13.0. The van der Waals surface area contributed by atoms with E-state index >= 15 is 0 Å². The number of imidazole rings is 1. The minimum absolute atomic E-state index is 0.282. The van der Waals surface area contributed by atoms with Crippen molar-refractivity contribution in [3.63, 3.8) is 0 Å². The molecule has 2 aromatic heterocycles. The van der Waals surface area contributed by atoms with Gasteiger partial charge >= 0.3 is 0 Å². The lowest BCUT2D eigenvalue weighted by Crippen LogP contribution is -2.47. The van der Waals surface area contributed by atoms with Crippen LogP contribution in [0.5, 0.6) is 0 Å². The third-order valence-corrected chi connectivity index (χ3v) is 6.36. The summed E-state index contributed by atoms with van der Waals surface area (Å²) in [6.07, 6.45) is 7.58.